The molecule has 1 aromatic carbocycles. The predicted octanol–water partition coefficient (Wildman–Crippen LogP) is 2.25. The van der Waals surface area contributed by atoms with Gasteiger partial charge in [-0.25, -0.2) is 0 Å². The molecule has 2 amide bonds. The molecular formula is C14H16Cl2N2O2. The molecule has 0 saturated carbocycles. The zero-order valence-corrected chi connectivity index (χ0v) is 12.5. The third kappa shape index (κ3) is 3.44. The second kappa shape index (κ2) is 6.95. The number of hydrogen-bond donors (Lipinski definition) is 0. The Labute approximate surface area is 128 Å². The van der Waals surface area contributed by atoms with Crippen molar-refractivity contribution < 1.29 is 9.59 Å². The van der Waals surface area contributed by atoms with Crippen molar-refractivity contribution >= 4 is 35.0 Å². The Hall–Kier alpha value is -1.26. The van der Waals surface area contributed by atoms with E-state index in [9.17, 15) is 9.59 Å². The van der Waals surface area contributed by atoms with Crippen LogP contribution in [0.1, 0.15) is 16.8 Å². The average molecular weight is 315 g/mol. The highest BCUT2D eigenvalue weighted by Crippen LogP contribution is 2.18. The van der Waals surface area contributed by atoms with Crippen molar-refractivity contribution in [3.05, 3.63) is 34.9 Å². The van der Waals surface area contributed by atoms with Gasteiger partial charge in [0.15, 0.2) is 0 Å². The van der Waals surface area contributed by atoms with Gasteiger partial charge in [0.2, 0.25) is 5.91 Å². The first-order valence-corrected chi connectivity index (χ1v) is 7.42. The summed E-state index contributed by atoms with van der Waals surface area (Å²) in [4.78, 5) is 27.5. The summed E-state index contributed by atoms with van der Waals surface area (Å²) in [6.45, 7) is 2.15. The second-order valence-electron chi connectivity index (χ2n) is 4.59. The van der Waals surface area contributed by atoms with E-state index in [1.165, 1.54) is 0 Å². The SMILES string of the molecule is O=C(CCCl)N1CCN(C(=O)c2ccccc2Cl)CC1. The number of rotatable bonds is 3. The van der Waals surface area contributed by atoms with E-state index in [0.29, 0.717) is 49.1 Å². The van der Waals surface area contributed by atoms with Crippen molar-refractivity contribution in [2.45, 2.75) is 6.42 Å². The van der Waals surface area contributed by atoms with E-state index in [-0.39, 0.29) is 11.8 Å². The van der Waals surface area contributed by atoms with Gasteiger partial charge >= 0.3 is 0 Å². The largest absolute Gasteiger partial charge is 0.339 e. The van der Waals surface area contributed by atoms with Gasteiger partial charge < -0.3 is 9.80 Å². The molecule has 108 valence electrons. The summed E-state index contributed by atoms with van der Waals surface area (Å²) in [6.07, 6.45) is 0.347. The van der Waals surface area contributed by atoms with Crippen LogP contribution in [0.25, 0.3) is 0 Å². The van der Waals surface area contributed by atoms with Crippen LogP contribution in [-0.4, -0.2) is 53.7 Å². The maximum Gasteiger partial charge on any atom is 0.255 e. The first-order chi connectivity index (χ1) is 9.63. The van der Waals surface area contributed by atoms with Crippen LogP contribution >= 0.6 is 23.2 Å². The predicted molar refractivity (Wildman–Crippen MR) is 79.3 cm³/mol. The number of carbonyl (C=O) groups excluding carboxylic acids is 2. The zero-order chi connectivity index (χ0) is 14.5. The van der Waals surface area contributed by atoms with Gasteiger partial charge in [0.1, 0.15) is 0 Å². The van der Waals surface area contributed by atoms with E-state index in [1.54, 1.807) is 34.1 Å². The summed E-state index contributed by atoms with van der Waals surface area (Å²) in [7, 11) is 0. The number of piperazine rings is 1. The lowest BCUT2D eigenvalue weighted by Crippen LogP contribution is -2.50. The lowest BCUT2D eigenvalue weighted by atomic mass is 10.1. The van der Waals surface area contributed by atoms with Crippen molar-refractivity contribution in [2.75, 3.05) is 32.1 Å². The smallest absolute Gasteiger partial charge is 0.255 e. The second-order valence-corrected chi connectivity index (χ2v) is 5.38. The minimum absolute atomic E-state index is 0.0462. The van der Waals surface area contributed by atoms with E-state index >= 15 is 0 Å². The molecule has 0 spiro atoms. The van der Waals surface area contributed by atoms with Crippen LogP contribution in [0.15, 0.2) is 24.3 Å². The Morgan fingerprint density at radius 2 is 1.65 bits per heavy atom. The Morgan fingerprint density at radius 3 is 2.25 bits per heavy atom. The summed E-state index contributed by atoms with van der Waals surface area (Å²) in [5.41, 5.74) is 0.509. The molecule has 0 aliphatic carbocycles. The number of amides is 2. The molecule has 0 radical (unpaired) electrons. The van der Waals surface area contributed by atoms with E-state index in [2.05, 4.69) is 0 Å². The zero-order valence-electron chi connectivity index (χ0n) is 11.0. The van der Waals surface area contributed by atoms with Gasteiger partial charge in [-0.3, -0.25) is 9.59 Å². The van der Waals surface area contributed by atoms with Crippen molar-refractivity contribution in [3.63, 3.8) is 0 Å². The molecular weight excluding hydrogens is 299 g/mol. The first kappa shape index (κ1) is 15.1. The molecule has 1 fully saturated rings. The fourth-order valence-electron chi connectivity index (χ4n) is 2.20. The Morgan fingerprint density at radius 1 is 1.05 bits per heavy atom. The first-order valence-electron chi connectivity index (χ1n) is 6.51. The quantitative estimate of drug-likeness (QED) is 0.803. The molecule has 0 atom stereocenters. The van der Waals surface area contributed by atoms with E-state index < -0.39 is 0 Å². The van der Waals surface area contributed by atoms with Crippen LogP contribution in [0, 0.1) is 0 Å². The Balaban J connectivity index is 1.96. The molecule has 1 heterocycles. The number of alkyl halides is 1. The third-order valence-corrected chi connectivity index (χ3v) is 3.85. The molecule has 0 aromatic heterocycles. The molecule has 1 aromatic rings. The fourth-order valence-corrected chi connectivity index (χ4v) is 2.58. The van der Waals surface area contributed by atoms with Crippen molar-refractivity contribution in [3.8, 4) is 0 Å². The molecule has 1 aliphatic heterocycles. The fraction of sp³-hybridized carbons (Fsp3) is 0.429. The highest BCUT2D eigenvalue weighted by molar-refractivity contribution is 6.33. The molecule has 0 bridgehead atoms. The van der Waals surface area contributed by atoms with Gasteiger partial charge in [-0.15, -0.1) is 11.6 Å². The minimum atomic E-state index is -0.0833. The topological polar surface area (TPSA) is 40.6 Å². The summed E-state index contributed by atoms with van der Waals surface area (Å²) < 4.78 is 0. The van der Waals surface area contributed by atoms with Crippen LogP contribution in [0.2, 0.25) is 5.02 Å². The number of halogens is 2. The molecule has 6 heteroatoms. The summed E-state index contributed by atoms with van der Waals surface area (Å²) in [6, 6.07) is 7.01. The maximum atomic E-state index is 12.3. The number of carbonyl (C=O) groups is 2. The highest BCUT2D eigenvalue weighted by Gasteiger charge is 2.25. The van der Waals surface area contributed by atoms with Gasteiger partial charge in [0, 0.05) is 38.5 Å². The number of hydrogen-bond acceptors (Lipinski definition) is 2. The Kier molecular flexibility index (Phi) is 5.26. The minimum Gasteiger partial charge on any atom is -0.339 e. The number of nitrogens with zero attached hydrogens (tertiary/aromatic N) is 2. The summed E-state index contributed by atoms with van der Waals surface area (Å²) >= 11 is 11.6. The van der Waals surface area contributed by atoms with Crippen molar-refractivity contribution in [1.29, 1.82) is 0 Å². The van der Waals surface area contributed by atoms with Crippen LogP contribution in [0.5, 0.6) is 0 Å². The van der Waals surface area contributed by atoms with E-state index in [1.807, 2.05) is 0 Å². The standard InChI is InChI=1S/C14H16Cl2N2O2/c15-6-5-13(19)17-7-9-18(10-8-17)14(20)11-3-1-2-4-12(11)16/h1-4H,5-10H2. The van der Waals surface area contributed by atoms with Crippen LogP contribution in [-0.2, 0) is 4.79 Å². The van der Waals surface area contributed by atoms with Gasteiger partial charge in [-0.2, -0.15) is 0 Å². The summed E-state index contributed by atoms with van der Waals surface area (Å²) in [5.74, 6) is 0.294. The molecule has 4 nitrogen and oxygen atoms in total. The molecule has 1 aliphatic rings. The maximum absolute atomic E-state index is 12.3. The van der Waals surface area contributed by atoms with Crippen LogP contribution < -0.4 is 0 Å². The van der Waals surface area contributed by atoms with Crippen LogP contribution in [0.4, 0.5) is 0 Å². The highest BCUT2D eigenvalue weighted by atomic mass is 35.5. The molecule has 2 rings (SSSR count). The third-order valence-electron chi connectivity index (χ3n) is 3.33. The molecule has 20 heavy (non-hydrogen) atoms. The van der Waals surface area contributed by atoms with E-state index in [0.717, 1.165) is 0 Å². The summed E-state index contributed by atoms with van der Waals surface area (Å²) in [5, 5.41) is 0.457. The normalized spacial score (nSPS) is 15.3. The average Bonchev–Trinajstić information content (AvgIpc) is 2.47. The van der Waals surface area contributed by atoms with Gasteiger partial charge in [0.25, 0.3) is 5.91 Å². The monoisotopic (exact) mass is 314 g/mol. The lowest BCUT2D eigenvalue weighted by molar-refractivity contribution is -0.132. The Bertz CT molecular complexity index is 500. The van der Waals surface area contributed by atoms with Gasteiger partial charge in [-0.1, -0.05) is 23.7 Å². The number of benzene rings is 1. The lowest BCUT2D eigenvalue weighted by Gasteiger charge is -2.35. The molecule has 1 saturated heterocycles. The van der Waals surface area contributed by atoms with E-state index in [4.69, 9.17) is 23.2 Å². The van der Waals surface area contributed by atoms with Crippen molar-refractivity contribution in [2.24, 2.45) is 0 Å². The van der Waals surface area contributed by atoms with Gasteiger partial charge in [-0.05, 0) is 12.1 Å². The molecule has 0 unspecified atom stereocenters. The van der Waals surface area contributed by atoms with Crippen LogP contribution in [0.3, 0.4) is 0 Å². The van der Waals surface area contributed by atoms with Gasteiger partial charge in [0.05, 0.1) is 10.6 Å². The molecule has 0 N–H and O–H groups in total. The van der Waals surface area contributed by atoms with Crippen molar-refractivity contribution in [1.82, 2.24) is 9.80 Å².